The van der Waals surface area contributed by atoms with Gasteiger partial charge in [0.1, 0.15) is 5.58 Å². The molecule has 1 aliphatic carbocycles. The number of para-hydroxylation sites is 1. The smallest absolute Gasteiger partial charge is 0.287 e. The summed E-state index contributed by atoms with van der Waals surface area (Å²) in [7, 11) is 0. The molecule has 19 N–H and O–H groups in total. The summed E-state index contributed by atoms with van der Waals surface area (Å²) in [6.07, 6.45) is 8.15. The normalized spacial score (nSPS) is 18.8. The zero-order valence-corrected chi connectivity index (χ0v) is 72.4. The standard InChI is InChI=1S/C34H43N7O2.C34H42N6O2.C33H38N6O3/c35-34(36)37-18-9-16-30-33(43)41(23-29(24-10-3-1-4-11-24)25-12-5-2-6-13-25)19-17-28(40-30)22-39-32(42)31-20-26-14-7-8-15-27(26)21-38-31;35-34(36)37-18-9-16-31-33(42)40(23-30(24-10-3-1-4-11-24)25-12-5-2-6-13-25)19-17-29(39-31)22-38-32(41)28-20-26-14-7-8-15-27(26)21-28;34-33(35)36-18-9-15-28-32(41)39(22-27(23-10-3-1-4-11-23)24-12-5-2-6-13-24)19-17-26(38-28)21-37-31(40)30-20-25-14-7-8-16-29(25)42-30/h1-8,10-15,28-31,38,40H,9,16-23H2,(H,39,42)(H4,35,36,37);1-8,10-15,28-31,39H,9,16-23H2,(H,38,41)(H4,35,36,37);1-8,10-14,16,20,26-28,38H,9,15,17-19,21-22H2,(H,37,40)(H4,34,35,36)/t28-,30-,31-;29-,31-;26-,28-/m000/s1. The van der Waals surface area contributed by atoms with Crippen LogP contribution in [0.5, 0.6) is 0 Å². The van der Waals surface area contributed by atoms with Crippen molar-refractivity contribution in [2.75, 3.05) is 78.5 Å². The molecule has 4 aliphatic heterocycles. The van der Waals surface area contributed by atoms with E-state index in [-0.39, 0.29) is 113 Å². The van der Waals surface area contributed by atoms with Gasteiger partial charge in [0.05, 0.1) is 24.2 Å². The lowest BCUT2D eigenvalue weighted by molar-refractivity contribution is -0.133. The second kappa shape index (κ2) is 46.8. The molecule has 26 nitrogen and oxygen atoms in total. The maximum Gasteiger partial charge on any atom is 0.287 e. The number of benzene rings is 9. The van der Waals surface area contributed by atoms with Gasteiger partial charge in [0.15, 0.2) is 23.6 Å². The molecule has 0 unspecified atom stereocenters. The topological polar surface area (TPSA) is 403 Å². The van der Waals surface area contributed by atoms with Crippen LogP contribution in [-0.4, -0.2) is 189 Å². The first kappa shape index (κ1) is 91.7. The van der Waals surface area contributed by atoms with Gasteiger partial charge in [-0.2, -0.15) is 0 Å². The molecule has 0 saturated carbocycles. The summed E-state index contributed by atoms with van der Waals surface area (Å²) >= 11 is 0. The Bertz CT molecular complexity index is 5090. The summed E-state index contributed by atoms with van der Waals surface area (Å²) in [5.41, 5.74) is 45.8. The predicted octanol–water partition coefficient (Wildman–Crippen LogP) is 8.83. The van der Waals surface area contributed by atoms with Crippen LogP contribution in [0.2, 0.25) is 0 Å². The monoisotopic (exact) mass is 1710 g/mol. The van der Waals surface area contributed by atoms with Crippen molar-refractivity contribution in [3.8, 4) is 0 Å². The Labute approximate surface area is 745 Å². The fraction of sp³-hybridized carbons (Fsp3) is 0.356. The van der Waals surface area contributed by atoms with E-state index in [1.165, 1.54) is 44.5 Å². The molecule has 5 aliphatic rings. The summed E-state index contributed by atoms with van der Waals surface area (Å²) in [6, 6.07) is 86.2. The number of amides is 6. The van der Waals surface area contributed by atoms with Crippen LogP contribution >= 0.6 is 0 Å². The zero-order valence-electron chi connectivity index (χ0n) is 72.4. The van der Waals surface area contributed by atoms with Gasteiger partial charge in [0.25, 0.3) is 5.91 Å². The van der Waals surface area contributed by atoms with E-state index >= 15 is 0 Å². The first-order valence-electron chi connectivity index (χ1n) is 44.7. The minimum Gasteiger partial charge on any atom is -0.451 e. The number of hydrogen-bond acceptors (Lipinski definition) is 14. The van der Waals surface area contributed by atoms with Crippen molar-refractivity contribution >= 4 is 64.3 Å². The minimum atomic E-state index is -0.429. The molecule has 9 aromatic carbocycles. The van der Waals surface area contributed by atoms with E-state index in [0.717, 1.165) is 42.2 Å². The van der Waals surface area contributed by atoms with E-state index in [1.54, 1.807) is 6.07 Å². The van der Waals surface area contributed by atoms with Crippen molar-refractivity contribution in [1.29, 1.82) is 0 Å². The van der Waals surface area contributed by atoms with Crippen molar-refractivity contribution < 1.29 is 33.2 Å². The van der Waals surface area contributed by atoms with Crippen molar-refractivity contribution in [2.45, 2.75) is 144 Å². The van der Waals surface area contributed by atoms with Crippen LogP contribution in [0.4, 0.5) is 0 Å². The van der Waals surface area contributed by atoms with Crippen molar-refractivity contribution in [1.82, 2.24) is 51.9 Å². The Balaban J connectivity index is 0.000000163. The number of rotatable bonds is 33. The second-order valence-electron chi connectivity index (χ2n) is 33.6. The Kier molecular flexibility index (Phi) is 33.8. The quantitative estimate of drug-likeness (QED) is 0.0104. The Morgan fingerprint density at radius 3 is 1.06 bits per heavy atom. The molecule has 7 atom stereocenters. The van der Waals surface area contributed by atoms with Crippen molar-refractivity contribution in [3.63, 3.8) is 0 Å². The van der Waals surface area contributed by atoms with Gasteiger partial charge in [0.2, 0.25) is 29.5 Å². The lowest BCUT2D eigenvalue weighted by Gasteiger charge is -2.29. The fourth-order valence-electron chi connectivity index (χ4n) is 17.9. The molecule has 26 heteroatoms. The number of nitrogens with zero attached hydrogens (tertiary/aromatic N) is 6. The molecule has 10 aromatic rings. The molecule has 5 heterocycles. The van der Waals surface area contributed by atoms with Gasteiger partial charge in [-0.25, -0.2) is 0 Å². The molecule has 0 spiro atoms. The van der Waals surface area contributed by atoms with E-state index in [0.29, 0.717) is 142 Å². The van der Waals surface area contributed by atoms with Crippen LogP contribution in [0.25, 0.3) is 11.0 Å². The SMILES string of the molecule is NC(N)=NCCC[C@@H]1N[C@H](CNC(=O)C2Cc3ccccc3C2)CCN(CC(c2ccccc2)c2ccccc2)C1=O.NC(N)=NCCC[C@@H]1N[C@H](CNC(=O)[C@@H]2Cc3ccccc3CN2)CCN(CC(c2ccccc2)c2ccccc2)C1=O.NC(N)=NCCC[C@@H]1N[C@H](CNC(=O)c2cc3ccccc3o2)CCN(CC(c2ccccc2)c2ccccc2)C1=O. The van der Waals surface area contributed by atoms with Gasteiger partial charge in [-0.3, -0.25) is 43.7 Å². The Morgan fingerprint density at radius 1 is 0.386 bits per heavy atom. The third-order valence-corrected chi connectivity index (χ3v) is 24.7. The van der Waals surface area contributed by atoms with Crippen LogP contribution < -0.4 is 71.6 Å². The van der Waals surface area contributed by atoms with E-state index in [2.05, 4.69) is 149 Å². The molecule has 6 amide bonds. The number of carbonyl (C=O) groups excluding carboxylic acids is 6. The average molecular weight is 1720 g/mol. The maximum atomic E-state index is 14.0. The van der Waals surface area contributed by atoms with Crippen LogP contribution in [0.3, 0.4) is 0 Å². The van der Waals surface area contributed by atoms with Gasteiger partial charge in [0, 0.05) is 132 Å². The van der Waals surface area contributed by atoms with Crippen LogP contribution in [0.15, 0.2) is 280 Å². The largest absolute Gasteiger partial charge is 0.451 e. The number of aliphatic imine (C=N–C) groups is 3. The van der Waals surface area contributed by atoms with Crippen LogP contribution in [0.1, 0.15) is 142 Å². The molecule has 15 rings (SSSR count). The fourth-order valence-corrected chi connectivity index (χ4v) is 17.9. The lowest BCUT2D eigenvalue weighted by atomic mass is 9.90. The van der Waals surface area contributed by atoms with Gasteiger partial charge >= 0.3 is 0 Å². The number of carbonyl (C=O) groups is 6. The second-order valence-corrected chi connectivity index (χ2v) is 33.6. The molecular weight excluding hydrogens is 1590 g/mol. The van der Waals surface area contributed by atoms with E-state index in [9.17, 15) is 28.8 Å². The number of nitrogens with one attached hydrogen (secondary N) is 7. The molecule has 0 bridgehead atoms. The van der Waals surface area contributed by atoms with Crippen LogP contribution in [0, 0.1) is 5.92 Å². The predicted molar refractivity (Wildman–Crippen MR) is 502 cm³/mol. The highest BCUT2D eigenvalue weighted by molar-refractivity contribution is 5.96. The van der Waals surface area contributed by atoms with Gasteiger partial charge in [-0.05, 0) is 145 Å². The third-order valence-electron chi connectivity index (χ3n) is 24.7. The number of furan rings is 1. The summed E-state index contributed by atoms with van der Waals surface area (Å²) in [4.78, 5) is 99.4. The van der Waals surface area contributed by atoms with Crippen LogP contribution in [-0.2, 0) is 49.8 Å². The van der Waals surface area contributed by atoms with E-state index in [1.807, 2.05) is 172 Å². The van der Waals surface area contributed by atoms with Gasteiger partial charge < -0.3 is 90.7 Å². The van der Waals surface area contributed by atoms with Gasteiger partial charge in [-0.1, -0.05) is 249 Å². The maximum absolute atomic E-state index is 14.0. The molecule has 0 radical (unpaired) electrons. The molecule has 127 heavy (non-hydrogen) atoms. The zero-order chi connectivity index (χ0) is 88.6. The highest BCUT2D eigenvalue weighted by atomic mass is 16.3. The average Bonchev–Trinajstić information content (AvgIpc) is 1.05. The number of guanidine groups is 3. The molecule has 3 fully saturated rings. The summed E-state index contributed by atoms with van der Waals surface area (Å²) in [5.74, 6) is 0.486. The highest BCUT2D eigenvalue weighted by Gasteiger charge is 2.38. The Morgan fingerprint density at radius 2 is 0.701 bits per heavy atom. The first-order valence-corrected chi connectivity index (χ1v) is 44.7. The number of fused-ring (bicyclic) bond motifs is 3. The summed E-state index contributed by atoms with van der Waals surface area (Å²) < 4.78 is 5.73. The van der Waals surface area contributed by atoms with Crippen molar-refractivity contribution in [2.24, 2.45) is 55.3 Å². The summed E-state index contributed by atoms with van der Waals surface area (Å²) in [5, 5.41) is 24.3. The molecule has 3 saturated heterocycles. The minimum absolute atomic E-state index is 0.0127. The van der Waals surface area contributed by atoms with Crippen molar-refractivity contribution in [3.05, 3.63) is 322 Å². The third kappa shape index (κ3) is 26.8. The molecule has 1 aromatic heterocycles. The Hall–Kier alpha value is -13.0. The molecule has 664 valence electrons. The lowest BCUT2D eigenvalue weighted by Crippen LogP contribution is -2.52. The van der Waals surface area contributed by atoms with E-state index < -0.39 is 12.1 Å². The van der Waals surface area contributed by atoms with Gasteiger partial charge in [-0.15, -0.1) is 0 Å². The summed E-state index contributed by atoms with van der Waals surface area (Å²) in [6.45, 7) is 6.83. The number of hydrogen-bond donors (Lipinski definition) is 13. The first-order chi connectivity index (χ1) is 61.9. The highest BCUT2D eigenvalue weighted by Crippen LogP contribution is 2.33. The van der Waals surface area contributed by atoms with E-state index in [4.69, 9.17) is 38.8 Å². The number of nitrogens with two attached hydrogens (primary N) is 6. The molecular formula is C101H123N19O7.